The summed E-state index contributed by atoms with van der Waals surface area (Å²) in [7, 11) is -4.77. The first-order valence-corrected chi connectivity index (χ1v) is 19.8. The Bertz CT molecular complexity index is 1800. The van der Waals surface area contributed by atoms with Crippen molar-refractivity contribution >= 4 is 39.1 Å². The molecule has 0 aromatic heterocycles. The molecule has 13 heteroatoms. The van der Waals surface area contributed by atoms with Gasteiger partial charge in [-0.25, -0.2) is 4.79 Å². The van der Waals surface area contributed by atoms with Gasteiger partial charge in [-0.05, 0) is 61.4 Å². The third-order valence-electron chi connectivity index (χ3n) is 8.94. The van der Waals surface area contributed by atoms with Gasteiger partial charge in [-0.1, -0.05) is 115 Å². The zero-order valence-electron chi connectivity index (χ0n) is 29.8. The number of hydrazone groups is 1. The van der Waals surface area contributed by atoms with Crippen molar-refractivity contribution in [3.05, 3.63) is 72.3 Å². The van der Waals surface area contributed by atoms with Crippen LogP contribution in [0.1, 0.15) is 120 Å². The third kappa shape index (κ3) is 12.3. The van der Waals surface area contributed by atoms with Gasteiger partial charge in [0.15, 0.2) is 6.04 Å². The van der Waals surface area contributed by atoms with Gasteiger partial charge in [-0.15, -0.1) is 0 Å². The topological polar surface area (TPSA) is 179 Å². The molecule has 3 aromatic carbocycles. The number of amides is 1. The molecule has 0 radical (unpaired) electrons. The summed E-state index contributed by atoms with van der Waals surface area (Å²) in [4.78, 5) is 24.7. The number of hydrogen-bond donors (Lipinski definition) is 3. The van der Waals surface area contributed by atoms with E-state index < -0.39 is 38.7 Å². The van der Waals surface area contributed by atoms with Crippen molar-refractivity contribution in [3.8, 4) is 17.2 Å². The van der Waals surface area contributed by atoms with Crippen molar-refractivity contribution in [3.63, 3.8) is 0 Å². The molecule has 1 atom stereocenters. The summed E-state index contributed by atoms with van der Waals surface area (Å²) in [6, 6.07) is 14.9. The first kappa shape index (κ1) is 40.2. The third-order valence-corrected chi connectivity index (χ3v) is 9.82. The fourth-order valence-electron chi connectivity index (χ4n) is 6.07. The zero-order valence-corrected chi connectivity index (χ0v) is 30.6. The van der Waals surface area contributed by atoms with Crippen molar-refractivity contribution in [2.75, 3.05) is 5.01 Å². The standard InChI is InChI=1S/C39H50N4O8S/c1-2-3-4-5-6-7-8-9-10-11-12-13-14-15-19-22-33-37(41-40-29-23-25-34(44)32(27-29)39(46)47)38(45)43(42-33)30-24-26-35(36(28-30)52(48,49)50)51-31-20-17-16-18-21-31/h16-18,20-21,23-28,37,44H,2-15,19,22H2,1H3,(H,46,47)(H,48,49,50)/t37-/m1/s1. The second-order valence-corrected chi connectivity index (χ2v) is 14.5. The van der Waals surface area contributed by atoms with Crippen molar-refractivity contribution < 1.29 is 37.5 Å². The number of carbonyl (C=O) groups excluding carboxylic acids is 1. The summed E-state index contributed by atoms with van der Waals surface area (Å²) in [6.07, 6.45) is 18.6. The van der Waals surface area contributed by atoms with Crippen molar-refractivity contribution in [2.45, 2.75) is 121 Å². The predicted octanol–water partition coefficient (Wildman–Crippen LogP) is 10.2. The average Bonchev–Trinajstić information content (AvgIpc) is 3.43. The number of carbonyl (C=O) groups is 2. The number of carboxylic acids is 1. The Labute approximate surface area is 306 Å². The number of phenols is 1. The molecule has 0 saturated carbocycles. The molecular weight excluding hydrogens is 685 g/mol. The minimum absolute atomic E-state index is 0.0718. The number of aromatic hydroxyl groups is 1. The zero-order chi connectivity index (χ0) is 37.3. The highest BCUT2D eigenvalue weighted by molar-refractivity contribution is 7.86. The van der Waals surface area contributed by atoms with Gasteiger partial charge in [0.2, 0.25) is 0 Å². The molecular formula is C39H50N4O8S. The van der Waals surface area contributed by atoms with Crippen LogP contribution in [0.15, 0.2) is 87.0 Å². The number of anilines is 1. The van der Waals surface area contributed by atoms with E-state index in [1.54, 1.807) is 30.3 Å². The van der Waals surface area contributed by atoms with Crippen LogP contribution in [0, 0.1) is 0 Å². The first-order valence-electron chi connectivity index (χ1n) is 18.3. The molecule has 0 unspecified atom stereocenters. The molecule has 280 valence electrons. The van der Waals surface area contributed by atoms with E-state index in [1.807, 2.05) is 0 Å². The number of hydrogen-bond acceptors (Lipinski definition) is 9. The molecule has 0 aliphatic carbocycles. The van der Waals surface area contributed by atoms with Crippen LogP contribution in [0.4, 0.5) is 11.4 Å². The number of unbranched alkanes of at least 4 members (excludes halogenated alkanes) is 14. The maximum absolute atomic E-state index is 13.7. The van der Waals surface area contributed by atoms with E-state index in [0.717, 1.165) is 42.8 Å². The lowest BCUT2D eigenvalue weighted by atomic mass is 10.0. The summed E-state index contributed by atoms with van der Waals surface area (Å²) in [5, 5.41) is 33.1. The van der Waals surface area contributed by atoms with E-state index in [0.29, 0.717) is 17.9 Å². The highest BCUT2D eigenvalue weighted by Gasteiger charge is 2.37. The summed E-state index contributed by atoms with van der Waals surface area (Å²) in [6.45, 7) is 2.24. The molecule has 1 heterocycles. The van der Waals surface area contributed by atoms with Crippen LogP contribution < -0.4 is 9.75 Å². The van der Waals surface area contributed by atoms with Crippen LogP contribution in [-0.4, -0.2) is 46.8 Å². The smallest absolute Gasteiger partial charge is 0.339 e. The lowest BCUT2D eigenvalue weighted by molar-refractivity contribution is -0.117. The predicted molar refractivity (Wildman–Crippen MR) is 201 cm³/mol. The molecule has 1 aliphatic rings. The van der Waals surface area contributed by atoms with E-state index in [9.17, 15) is 32.8 Å². The van der Waals surface area contributed by atoms with Crippen LogP contribution in [0.2, 0.25) is 0 Å². The van der Waals surface area contributed by atoms with E-state index in [2.05, 4.69) is 22.3 Å². The minimum atomic E-state index is -4.77. The number of aromatic carboxylic acids is 1. The molecule has 3 aromatic rings. The molecule has 0 spiro atoms. The molecule has 0 saturated heterocycles. The van der Waals surface area contributed by atoms with Gasteiger partial charge in [0.25, 0.3) is 16.0 Å². The van der Waals surface area contributed by atoms with E-state index in [-0.39, 0.29) is 22.7 Å². The SMILES string of the molecule is CCCCCCCCCCCCCCCCCC1=NN(c2ccc(Oc3ccccc3)c(S(=O)(=O)O)c2)C(=O)[C@@H]1N=Nc1ccc(O)c(C(=O)O)c1. The maximum atomic E-state index is 13.7. The maximum Gasteiger partial charge on any atom is 0.339 e. The molecule has 0 bridgehead atoms. The Hall–Kier alpha value is -4.62. The normalized spacial score (nSPS) is 14.7. The van der Waals surface area contributed by atoms with Crippen molar-refractivity contribution in [1.29, 1.82) is 0 Å². The Kier molecular flexibility index (Phi) is 15.8. The van der Waals surface area contributed by atoms with E-state index >= 15 is 0 Å². The summed E-state index contributed by atoms with van der Waals surface area (Å²) in [5.41, 5.74) is 0.239. The van der Waals surface area contributed by atoms with Gasteiger partial charge < -0.3 is 14.9 Å². The number of para-hydroxylation sites is 1. The number of ether oxygens (including phenoxy) is 1. The fraction of sp³-hybridized carbons (Fsp3) is 0.462. The van der Waals surface area contributed by atoms with Gasteiger partial charge in [0.05, 0.1) is 17.1 Å². The summed E-state index contributed by atoms with van der Waals surface area (Å²) >= 11 is 0. The van der Waals surface area contributed by atoms with Crippen LogP contribution in [-0.2, 0) is 14.9 Å². The second kappa shape index (κ2) is 20.4. The highest BCUT2D eigenvalue weighted by Crippen LogP contribution is 2.35. The monoisotopic (exact) mass is 734 g/mol. The van der Waals surface area contributed by atoms with Gasteiger partial charge >= 0.3 is 5.97 Å². The number of rotatable bonds is 23. The minimum Gasteiger partial charge on any atom is -0.507 e. The number of carboxylic acid groups (broad SMARTS) is 1. The van der Waals surface area contributed by atoms with E-state index in [4.69, 9.17) is 4.74 Å². The number of azo groups is 1. The fourth-order valence-corrected chi connectivity index (χ4v) is 6.70. The average molecular weight is 735 g/mol. The van der Waals surface area contributed by atoms with Crippen LogP contribution in [0.25, 0.3) is 0 Å². The first-order chi connectivity index (χ1) is 25.1. The largest absolute Gasteiger partial charge is 0.507 e. The molecule has 52 heavy (non-hydrogen) atoms. The van der Waals surface area contributed by atoms with Gasteiger partial charge in [0.1, 0.15) is 27.7 Å². The second-order valence-electron chi connectivity index (χ2n) is 13.1. The van der Waals surface area contributed by atoms with E-state index in [1.165, 1.54) is 94.9 Å². The molecule has 12 nitrogen and oxygen atoms in total. The highest BCUT2D eigenvalue weighted by atomic mass is 32.2. The Balaban J connectivity index is 1.40. The van der Waals surface area contributed by atoms with Gasteiger partial charge in [-0.2, -0.15) is 28.8 Å². The van der Waals surface area contributed by atoms with Crippen LogP contribution in [0.5, 0.6) is 17.2 Å². The lowest BCUT2D eigenvalue weighted by Gasteiger charge is -2.15. The molecule has 3 N–H and O–H groups in total. The van der Waals surface area contributed by atoms with Crippen LogP contribution in [0.3, 0.4) is 0 Å². The van der Waals surface area contributed by atoms with Crippen molar-refractivity contribution in [1.82, 2.24) is 0 Å². The molecule has 0 fully saturated rings. The number of nitrogens with zero attached hydrogens (tertiary/aromatic N) is 4. The molecule has 1 amide bonds. The number of benzene rings is 3. The van der Waals surface area contributed by atoms with Crippen LogP contribution >= 0.6 is 0 Å². The Morgan fingerprint density at radius 1 is 0.827 bits per heavy atom. The Morgan fingerprint density at radius 3 is 2.00 bits per heavy atom. The Morgan fingerprint density at radius 2 is 1.42 bits per heavy atom. The molecule has 1 aliphatic heterocycles. The lowest BCUT2D eigenvalue weighted by Crippen LogP contribution is -2.30. The summed E-state index contributed by atoms with van der Waals surface area (Å²) in [5.74, 6) is -2.16. The quantitative estimate of drug-likeness (QED) is 0.0489. The van der Waals surface area contributed by atoms with Gasteiger partial charge in [-0.3, -0.25) is 9.35 Å². The molecule has 4 rings (SSSR count). The van der Waals surface area contributed by atoms with Crippen molar-refractivity contribution in [2.24, 2.45) is 15.3 Å². The van der Waals surface area contributed by atoms with Gasteiger partial charge in [0, 0.05) is 0 Å². The summed E-state index contributed by atoms with van der Waals surface area (Å²) < 4.78 is 40.5.